The Kier molecular flexibility index (Phi) is 10.8. The van der Waals surface area contributed by atoms with Crippen LogP contribution in [0.25, 0.3) is 45.1 Å². The normalized spacial score (nSPS) is 14.2. The number of oxazole rings is 2. The lowest BCUT2D eigenvalue weighted by atomic mass is 9.84. The summed E-state index contributed by atoms with van der Waals surface area (Å²) in [7, 11) is 0. The lowest BCUT2D eigenvalue weighted by Gasteiger charge is -2.21. The molecule has 0 radical (unpaired) electrons. The minimum atomic E-state index is 0.00553. The number of hydrogen-bond acceptors (Lipinski definition) is 4. The number of rotatable bonds is 12. The summed E-state index contributed by atoms with van der Waals surface area (Å²) in [6.07, 6.45) is 16.3. The SMILES string of the molecule is CCCCC=CC(C)c1cc(C(C)(C)C)cc2nc(-c3ccc(-c4nc5cc(C(C)(C)C)cc(C(C)C=CCCCC)c5o4)cc3)oc12. The molecule has 2 unspecified atom stereocenters. The summed E-state index contributed by atoms with van der Waals surface area (Å²) >= 11 is 0. The van der Waals surface area contributed by atoms with Gasteiger partial charge in [-0.1, -0.05) is 131 Å². The first-order chi connectivity index (χ1) is 22.8. The molecule has 48 heavy (non-hydrogen) atoms. The number of fused-ring (bicyclic) bond motifs is 2. The zero-order valence-electron chi connectivity index (χ0n) is 31.0. The van der Waals surface area contributed by atoms with Gasteiger partial charge in [0.25, 0.3) is 0 Å². The highest BCUT2D eigenvalue weighted by Crippen LogP contribution is 2.38. The first-order valence-corrected chi connectivity index (χ1v) is 18.1. The third-order valence-corrected chi connectivity index (χ3v) is 9.43. The first-order valence-electron chi connectivity index (χ1n) is 18.1. The fraction of sp³-hybridized carbons (Fsp3) is 0.455. The number of unbranched alkanes of at least 4 members (excludes halogenated alkanes) is 4. The quantitative estimate of drug-likeness (QED) is 0.100. The van der Waals surface area contributed by atoms with Crippen molar-refractivity contribution in [2.75, 3.05) is 0 Å². The van der Waals surface area contributed by atoms with E-state index in [9.17, 15) is 0 Å². The Labute approximate surface area is 288 Å². The van der Waals surface area contributed by atoms with Gasteiger partial charge in [-0.3, -0.25) is 0 Å². The van der Waals surface area contributed by atoms with E-state index in [0.717, 1.165) is 46.2 Å². The highest BCUT2D eigenvalue weighted by Gasteiger charge is 2.23. The van der Waals surface area contributed by atoms with Gasteiger partial charge in [-0.15, -0.1) is 0 Å². The van der Waals surface area contributed by atoms with Gasteiger partial charge >= 0.3 is 0 Å². The van der Waals surface area contributed by atoms with Crippen LogP contribution in [0.15, 0.2) is 81.7 Å². The lowest BCUT2D eigenvalue weighted by Crippen LogP contribution is -2.11. The molecule has 0 saturated heterocycles. The van der Waals surface area contributed by atoms with E-state index in [1.54, 1.807) is 0 Å². The van der Waals surface area contributed by atoms with E-state index in [2.05, 4.69) is 142 Å². The molecule has 4 heteroatoms. The smallest absolute Gasteiger partial charge is 0.227 e. The van der Waals surface area contributed by atoms with Crippen molar-refractivity contribution in [1.29, 1.82) is 0 Å². The molecule has 0 N–H and O–H groups in total. The highest BCUT2D eigenvalue weighted by molar-refractivity contribution is 5.83. The van der Waals surface area contributed by atoms with Crippen molar-refractivity contribution in [3.63, 3.8) is 0 Å². The molecule has 0 aliphatic rings. The first kappa shape index (κ1) is 35.4. The van der Waals surface area contributed by atoms with Crippen LogP contribution < -0.4 is 0 Å². The van der Waals surface area contributed by atoms with Crippen LogP contribution in [0.4, 0.5) is 0 Å². The molecule has 4 nitrogen and oxygen atoms in total. The zero-order valence-corrected chi connectivity index (χ0v) is 31.0. The molecule has 254 valence electrons. The van der Waals surface area contributed by atoms with Gasteiger partial charge in [0.2, 0.25) is 11.8 Å². The molecule has 0 fully saturated rings. The van der Waals surface area contributed by atoms with Gasteiger partial charge < -0.3 is 8.83 Å². The second kappa shape index (κ2) is 14.7. The van der Waals surface area contributed by atoms with Crippen LogP contribution in [-0.4, -0.2) is 9.97 Å². The van der Waals surface area contributed by atoms with Crippen molar-refractivity contribution in [3.8, 4) is 22.9 Å². The Hall–Kier alpha value is -3.92. The van der Waals surface area contributed by atoms with Crippen molar-refractivity contribution in [1.82, 2.24) is 9.97 Å². The molecule has 2 aromatic heterocycles. The van der Waals surface area contributed by atoms with E-state index in [4.69, 9.17) is 18.8 Å². The van der Waals surface area contributed by atoms with E-state index in [1.807, 2.05) is 0 Å². The minimum Gasteiger partial charge on any atom is -0.436 e. The maximum Gasteiger partial charge on any atom is 0.227 e. The van der Waals surface area contributed by atoms with Gasteiger partial charge in [-0.25, -0.2) is 9.97 Å². The third kappa shape index (κ3) is 8.02. The molecule has 5 rings (SSSR count). The molecule has 0 bridgehead atoms. The van der Waals surface area contributed by atoms with Gasteiger partial charge in [0.15, 0.2) is 11.2 Å². The van der Waals surface area contributed by atoms with E-state index < -0.39 is 0 Å². The average Bonchev–Trinajstić information content (AvgIpc) is 3.68. The van der Waals surface area contributed by atoms with E-state index in [-0.39, 0.29) is 22.7 Å². The summed E-state index contributed by atoms with van der Waals surface area (Å²) in [4.78, 5) is 10.0. The van der Waals surface area contributed by atoms with Gasteiger partial charge in [-0.2, -0.15) is 0 Å². The fourth-order valence-corrected chi connectivity index (χ4v) is 6.11. The molecule has 0 aliphatic carbocycles. The van der Waals surface area contributed by atoms with E-state index in [1.165, 1.54) is 47.9 Å². The highest BCUT2D eigenvalue weighted by atomic mass is 16.4. The zero-order chi connectivity index (χ0) is 34.6. The molecule has 3 aromatic carbocycles. The molecular weight excluding hydrogens is 588 g/mol. The summed E-state index contributed by atoms with van der Waals surface area (Å²) in [5.41, 5.74) is 10.3. The predicted octanol–water partition coefficient (Wildman–Crippen LogP) is 13.6. The molecule has 0 spiro atoms. The minimum absolute atomic E-state index is 0.00553. The Bertz CT molecular complexity index is 1750. The summed E-state index contributed by atoms with van der Waals surface area (Å²) in [6.45, 7) is 22.5. The van der Waals surface area contributed by atoms with Gasteiger partial charge in [0.05, 0.1) is 0 Å². The summed E-state index contributed by atoms with van der Waals surface area (Å²) in [5, 5.41) is 0. The topological polar surface area (TPSA) is 52.1 Å². The lowest BCUT2D eigenvalue weighted by molar-refractivity contribution is 0.586. The molecule has 0 aliphatic heterocycles. The van der Waals surface area contributed by atoms with E-state index >= 15 is 0 Å². The molecule has 0 saturated carbocycles. The second-order valence-corrected chi connectivity index (χ2v) is 15.7. The Morgan fingerprint density at radius 3 is 1.31 bits per heavy atom. The van der Waals surface area contributed by atoms with Crippen LogP contribution in [0.5, 0.6) is 0 Å². The maximum absolute atomic E-state index is 6.54. The Morgan fingerprint density at radius 1 is 0.604 bits per heavy atom. The van der Waals surface area contributed by atoms with Crippen molar-refractivity contribution in [2.45, 2.75) is 130 Å². The maximum atomic E-state index is 6.54. The predicted molar refractivity (Wildman–Crippen MR) is 204 cm³/mol. The molecule has 5 aromatic rings. The summed E-state index contributed by atoms with van der Waals surface area (Å²) < 4.78 is 13.1. The number of hydrogen-bond donors (Lipinski definition) is 0. The number of aromatic nitrogens is 2. The van der Waals surface area contributed by atoms with Crippen molar-refractivity contribution in [3.05, 3.63) is 95.1 Å². The van der Waals surface area contributed by atoms with Crippen LogP contribution in [-0.2, 0) is 10.8 Å². The van der Waals surface area contributed by atoms with Gasteiger partial charge in [0, 0.05) is 34.1 Å². The van der Waals surface area contributed by atoms with Gasteiger partial charge in [0.1, 0.15) is 11.0 Å². The standard InChI is InChI=1S/C44H56N2O2/c1-11-13-15-17-19-29(3)35-25-33(43(5,6)7)27-37-39(35)47-41(45-37)31-21-23-32(24-22-31)42-46-38-28-34(44(8,9)10)26-36(40(38)48-42)30(4)20-18-16-14-12-2/h17-30H,11-16H2,1-10H3. The second-order valence-electron chi connectivity index (χ2n) is 15.7. The summed E-state index contributed by atoms with van der Waals surface area (Å²) in [5.74, 6) is 1.72. The molecular formula is C44H56N2O2. The van der Waals surface area contributed by atoms with Crippen LogP contribution >= 0.6 is 0 Å². The van der Waals surface area contributed by atoms with Crippen LogP contribution in [0.3, 0.4) is 0 Å². The Morgan fingerprint density at radius 2 is 0.979 bits per heavy atom. The number of benzene rings is 3. The van der Waals surface area contributed by atoms with Gasteiger partial charge in [-0.05, 0) is 71.2 Å². The Balaban J connectivity index is 1.50. The fourth-order valence-electron chi connectivity index (χ4n) is 6.11. The van der Waals surface area contributed by atoms with Crippen LogP contribution in [0.2, 0.25) is 0 Å². The van der Waals surface area contributed by atoms with E-state index in [0.29, 0.717) is 11.8 Å². The third-order valence-electron chi connectivity index (χ3n) is 9.43. The monoisotopic (exact) mass is 644 g/mol. The van der Waals surface area contributed by atoms with Crippen LogP contribution in [0.1, 0.15) is 142 Å². The largest absolute Gasteiger partial charge is 0.436 e. The average molecular weight is 645 g/mol. The number of nitrogens with zero attached hydrogens (tertiary/aromatic N) is 2. The van der Waals surface area contributed by atoms with Crippen molar-refractivity contribution < 1.29 is 8.83 Å². The molecule has 2 atom stereocenters. The van der Waals surface area contributed by atoms with Crippen molar-refractivity contribution in [2.24, 2.45) is 0 Å². The number of allylic oxidation sites excluding steroid dienone is 4. The summed E-state index contributed by atoms with van der Waals surface area (Å²) in [6, 6.07) is 17.3. The molecule has 2 heterocycles. The van der Waals surface area contributed by atoms with Crippen LogP contribution in [0, 0.1) is 0 Å². The molecule has 0 amide bonds. The van der Waals surface area contributed by atoms with Crippen molar-refractivity contribution >= 4 is 22.2 Å².